The molecule has 2 aliphatic rings. The van der Waals surface area contributed by atoms with Crippen molar-refractivity contribution in [2.24, 2.45) is 0 Å². The third-order valence-corrected chi connectivity index (χ3v) is 5.56. The van der Waals surface area contributed by atoms with Gasteiger partial charge in [0, 0.05) is 6.04 Å². The molecule has 0 spiro atoms. The summed E-state index contributed by atoms with van der Waals surface area (Å²) in [5.74, 6) is -0.708. The molecule has 1 amide bonds. The van der Waals surface area contributed by atoms with Crippen LogP contribution in [0.1, 0.15) is 62.9 Å². The van der Waals surface area contributed by atoms with E-state index in [9.17, 15) is 18.0 Å². The molecule has 26 heavy (non-hydrogen) atoms. The lowest BCUT2D eigenvalue weighted by molar-refractivity contribution is -0.137. The second-order valence-corrected chi connectivity index (χ2v) is 7.99. The molecule has 4 nitrogen and oxygen atoms in total. The second kappa shape index (κ2) is 6.27. The van der Waals surface area contributed by atoms with Crippen LogP contribution in [0, 0.1) is 0 Å². The van der Waals surface area contributed by atoms with Crippen LogP contribution in [0.3, 0.4) is 0 Å². The molecule has 0 unspecified atom stereocenters. The van der Waals surface area contributed by atoms with Crippen molar-refractivity contribution in [3.8, 4) is 0 Å². The summed E-state index contributed by atoms with van der Waals surface area (Å²) in [4.78, 5) is 12.4. The fraction of sp³-hybridized carbons (Fsp3) is 0.611. The summed E-state index contributed by atoms with van der Waals surface area (Å²) in [5, 5.41) is 2.67. The number of alkyl halides is 3. The molecule has 2 fully saturated rings. The fourth-order valence-electron chi connectivity index (χ4n) is 2.94. The molecule has 0 radical (unpaired) electrons. The summed E-state index contributed by atoms with van der Waals surface area (Å²) in [6.45, 7) is 7.45. The van der Waals surface area contributed by atoms with Crippen molar-refractivity contribution in [1.82, 2.24) is 5.32 Å². The van der Waals surface area contributed by atoms with Gasteiger partial charge in [0.2, 0.25) is 0 Å². The van der Waals surface area contributed by atoms with Crippen molar-refractivity contribution < 1.29 is 27.3 Å². The molecule has 1 saturated heterocycles. The summed E-state index contributed by atoms with van der Waals surface area (Å²) in [6, 6.07) is 3.42. The molecule has 1 aliphatic carbocycles. The zero-order valence-corrected chi connectivity index (χ0v) is 15.4. The first-order chi connectivity index (χ1) is 11.9. The number of halogens is 3. The number of hydrogen-bond donors (Lipinski definition) is 1. The smallest absolute Gasteiger partial charge is 0.399 e. The van der Waals surface area contributed by atoms with Crippen LogP contribution in [0.4, 0.5) is 13.2 Å². The van der Waals surface area contributed by atoms with E-state index in [4.69, 9.17) is 9.31 Å². The number of hydrogen-bond acceptors (Lipinski definition) is 3. The summed E-state index contributed by atoms with van der Waals surface area (Å²) >= 11 is 0. The van der Waals surface area contributed by atoms with Gasteiger partial charge in [-0.05, 0) is 64.6 Å². The first kappa shape index (κ1) is 19.2. The highest BCUT2D eigenvalue weighted by Crippen LogP contribution is 2.37. The molecular formula is C18H23BF3NO3. The van der Waals surface area contributed by atoms with E-state index >= 15 is 0 Å². The predicted molar refractivity (Wildman–Crippen MR) is 92.3 cm³/mol. The van der Waals surface area contributed by atoms with Gasteiger partial charge < -0.3 is 14.6 Å². The number of benzene rings is 1. The summed E-state index contributed by atoms with van der Waals surface area (Å²) in [6.07, 6.45) is -2.04. The normalized spacial score (nSPS) is 22.2. The third-order valence-electron chi connectivity index (χ3n) is 5.56. The maximum absolute atomic E-state index is 13.4. The SMILES string of the molecule is CC1(C)OB(c2ccc(C(F)(F)F)c(C(=O)NC3CCC3)c2)OC1(C)C. The van der Waals surface area contributed by atoms with Crippen LogP contribution in [0.25, 0.3) is 0 Å². The molecule has 1 aliphatic heterocycles. The van der Waals surface area contributed by atoms with Crippen molar-refractivity contribution in [3.05, 3.63) is 29.3 Å². The topological polar surface area (TPSA) is 47.6 Å². The molecule has 0 aromatic heterocycles. The number of carbonyl (C=O) groups excluding carboxylic acids is 1. The molecule has 1 aromatic carbocycles. The molecule has 0 bridgehead atoms. The minimum absolute atomic E-state index is 0.0518. The van der Waals surface area contributed by atoms with Crippen LogP contribution in [0.2, 0.25) is 0 Å². The molecule has 8 heteroatoms. The Balaban J connectivity index is 1.93. The van der Waals surface area contributed by atoms with E-state index in [2.05, 4.69) is 5.32 Å². The van der Waals surface area contributed by atoms with Gasteiger partial charge in [-0.3, -0.25) is 4.79 Å². The minimum Gasteiger partial charge on any atom is -0.399 e. The molecule has 1 N–H and O–H groups in total. The van der Waals surface area contributed by atoms with E-state index in [1.54, 1.807) is 0 Å². The monoisotopic (exact) mass is 369 g/mol. The minimum atomic E-state index is -4.61. The van der Waals surface area contributed by atoms with E-state index in [-0.39, 0.29) is 6.04 Å². The maximum Gasteiger partial charge on any atom is 0.494 e. The van der Waals surface area contributed by atoms with E-state index in [1.807, 2.05) is 27.7 Å². The number of amides is 1. The average Bonchev–Trinajstić information content (AvgIpc) is 2.69. The standard InChI is InChI=1S/C18H23BF3NO3/c1-16(2)17(3,4)26-19(25-16)11-8-9-14(18(20,21)22)13(10-11)15(24)23-12-6-5-7-12/h8-10,12H,5-7H2,1-4H3,(H,23,24). The Morgan fingerprint density at radius 2 is 1.73 bits per heavy atom. The zero-order chi connectivity index (χ0) is 19.3. The van der Waals surface area contributed by atoms with Crippen molar-refractivity contribution >= 4 is 18.5 Å². The van der Waals surface area contributed by atoms with Crippen LogP contribution in [-0.2, 0) is 15.5 Å². The van der Waals surface area contributed by atoms with Crippen molar-refractivity contribution in [2.75, 3.05) is 0 Å². The van der Waals surface area contributed by atoms with Gasteiger partial charge in [-0.25, -0.2) is 0 Å². The molecule has 1 heterocycles. The second-order valence-electron chi connectivity index (χ2n) is 7.99. The lowest BCUT2D eigenvalue weighted by atomic mass is 9.77. The van der Waals surface area contributed by atoms with Gasteiger partial charge in [0.25, 0.3) is 5.91 Å². The first-order valence-corrected chi connectivity index (χ1v) is 8.78. The van der Waals surface area contributed by atoms with Crippen molar-refractivity contribution in [1.29, 1.82) is 0 Å². The number of rotatable bonds is 3. The van der Waals surface area contributed by atoms with Gasteiger partial charge in [-0.2, -0.15) is 13.2 Å². The Kier molecular flexibility index (Phi) is 4.64. The number of carbonyl (C=O) groups is 1. The lowest BCUT2D eigenvalue weighted by Gasteiger charge is -2.32. The molecule has 3 rings (SSSR count). The van der Waals surface area contributed by atoms with Gasteiger partial charge in [-0.1, -0.05) is 6.07 Å². The Labute approximate surface area is 151 Å². The molecule has 142 valence electrons. The van der Waals surface area contributed by atoms with E-state index in [1.165, 1.54) is 12.1 Å². The Morgan fingerprint density at radius 3 is 2.19 bits per heavy atom. The van der Waals surface area contributed by atoms with Crippen LogP contribution >= 0.6 is 0 Å². The maximum atomic E-state index is 13.4. The molecule has 0 atom stereocenters. The molecule has 1 saturated carbocycles. The van der Waals surface area contributed by atoms with Gasteiger partial charge in [-0.15, -0.1) is 0 Å². The van der Waals surface area contributed by atoms with Crippen molar-refractivity contribution in [2.45, 2.75) is 70.4 Å². The van der Waals surface area contributed by atoms with Crippen LogP contribution in [0.15, 0.2) is 18.2 Å². The predicted octanol–water partition coefficient (Wildman–Crippen LogP) is 3.29. The van der Waals surface area contributed by atoms with Gasteiger partial charge in [0.1, 0.15) is 0 Å². The van der Waals surface area contributed by atoms with Crippen LogP contribution in [-0.4, -0.2) is 30.3 Å². The highest BCUT2D eigenvalue weighted by Gasteiger charge is 2.52. The Bertz CT molecular complexity index is 698. The average molecular weight is 369 g/mol. The van der Waals surface area contributed by atoms with Crippen molar-refractivity contribution in [3.63, 3.8) is 0 Å². The Morgan fingerprint density at radius 1 is 1.15 bits per heavy atom. The summed E-state index contributed by atoms with van der Waals surface area (Å²) in [7, 11) is -0.822. The van der Waals surface area contributed by atoms with Gasteiger partial charge in [0.15, 0.2) is 0 Å². The fourth-order valence-corrected chi connectivity index (χ4v) is 2.94. The van der Waals surface area contributed by atoms with Crippen LogP contribution in [0.5, 0.6) is 0 Å². The van der Waals surface area contributed by atoms with E-state index < -0.39 is 41.5 Å². The van der Waals surface area contributed by atoms with Crippen LogP contribution < -0.4 is 10.8 Å². The highest BCUT2D eigenvalue weighted by molar-refractivity contribution is 6.62. The third kappa shape index (κ3) is 3.49. The highest BCUT2D eigenvalue weighted by atomic mass is 19.4. The van der Waals surface area contributed by atoms with Gasteiger partial charge in [0.05, 0.1) is 22.3 Å². The summed E-state index contributed by atoms with van der Waals surface area (Å²) < 4.78 is 51.8. The summed E-state index contributed by atoms with van der Waals surface area (Å²) in [5.41, 5.74) is -2.18. The molecule has 1 aromatic rings. The van der Waals surface area contributed by atoms with Gasteiger partial charge >= 0.3 is 13.3 Å². The Hall–Kier alpha value is -1.54. The lowest BCUT2D eigenvalue weighted by Crippen LogP contribution is -2.41. The number of nitrogens with one attached hydrogen (secondary N) is 1. The first-order valence-electron chi connectivity index (χ1n) is 8.78. The molecular weight excluding hydrogens is 346 g/mol. The van der Waals surface area contributed by atoms with E-state index in [0.29, 0.717) is 5.46 Å². The zero-order valence-electron chi connectivity index (χ0n) is 15.4. The van der Waals surface area contributed by atoms with E-state index in [0.717, 1.165) is 25.3 Å². The largest absolute Gasteiger partial charge is 0.494 e. The quantitative estimate of drug-likeness (QED) is 0.832.